The summed E-state index contributed by atoms with van der Waals surface area (Å²) in [6, 6.07) is 8.23. The first-order valence-corrected chi connectivity index (χ1v) is 8.50. The number of ether oxygens (including phenoxy) is 2. The fourth-order valence-electron chi connectivity index (χ4n) is 3.12. The third kappa shape index (κ3) is 4.58. The van der Waals surface area contributed by atoms with Gasteiger partial charge < -0.3 is 13.9 Å². The summed E-state index contributed by atoms with van der Waals surface area (Å²) >= 11 is 0. The maximum Gasteiger partial charge on any atom is 0.197 e. The van der Waals surface area contributed by atoms with E-state index in [2.05, 4.69) is 17.1 Å². The van der Waals surface area contributed by atoms with Crippen LogP contribution in [0, 0.1) is 0 Å². The normalized spacial score (nSPS) is 15.2. The van der Waals surface area contributed by atoms with Crippen LogP contribution < -0.4 is 4.74 Å². The predicted molar refractivity (Wildman–Crippen MR) is 88.7 cm³/mol. The maximum absolute atomic E-state index is 5.86. The number of nitrogens with zero attached hydrogens (tertiary/aromatic N) is 1. The molecule has 1 heterocycles. The highest BCUT2D eigenvalue weighted by Gasteiger charge is 2.21. The fourth-order valence-corrected chi connectivity index (χ4v) is 3.12. The smallest absolute Gasteiger partial charge is 0.197 e. The molecule has 23 heavy (non-hydrogen) atoms. The van der Waals surface area contributed by atoms with Gasteiger partial charge in [0.05, 0.1) is 0 Å². The largest absolute Gasteiger partial charge is 0.487 e. The van der Waals surface area contributed by atoms with Crippen molar-refractivity contribution in [2.45, 2.75) is 51.0 Å². The number of hydrogen-bond donors (Lipinski definition) is 0. The van der Waals surface area contributed by atoms with E-state index < -0.39 is 0 Å². The van der Waals surface area contributed by atoms with Gasteiger partial charge in [-0.05, 0) is 43.4 Å². The molecule has 0 N–H and O–H groups in total. The highest BCUT2D eigenvalue weighted by Crippen LogP contribution is 2.33. The van der Waals surface area contributed by atoms with Crippen molar-refractivity contribution in [2.24, 2.45) is 0 Å². The van der Waals surface area contributed by atoms with E-state index in [1.54, 1.807) is 13.4 Å². The zero-order valence-electron chi connectivity index (χ0n) is 13.8. The Morgan fingerprint density at radius 3 is 2.96 bits per heavy atom. The monoisotopic (exact) mass is 315 g/mol. The lowest BCUT2D eigenvalue weighted by atomic mass is 10.1. The third-order valence-corrected chi connectivity index (χ3v) is 4.37. The first kappa shape index (κ1) is 16.1. The van der Waals surface area contributed by atoms with E-state index in [1.165, 1.54) is 31.2 Å². The van der Waals surface area contributed by atoms with Gasteiger partial charge in [-0.2, -0.15) is 0 Å². The predicted octanol–water partition coefficient (Wildman–Crippen LogP) is 4.49. The SMILES string of the molecule is COCCCc1cccc(OCc2coc(C3CCCC3)n2)c1. The van der Waals surface area contributed by atoms with E-state index in [0.29, 0.717) is 12.5 Å². The molecule has 0 atom stereocenters. The number of hydrogen-bond acceptors (Lipinski definition) is 4. The molecule has 1 aliphatic rings. The van der Waals surface area contributed by atoms with Gasteiger partial charge in [-0.3, -0.25) is 0 Å². The lowest BCUT2D eigenvalue weighted by Crippen LogP contribution is -1.98. The quantitative estimate of drug-likeness (QED) is 0.673. The Morgan fingerprint density at radius 1 is 1.26 bits per heavy atom. The Morgan fingerprint density at radius 2 is 2.13 bits per heavy atom. The molecule has 1 aliphatic carbocycles. The molecule has 1 aromatic carbocycles. The Balaban J connectivity index is 1.52. The van der Waals surface area contributed by atoms with Gasteiger partial charge in [-0.1, -0.05) is 25.0 Å². The molecule has 4 nitrogen and oxygen atoms in total. The van der Waals surface area contributed by atoms with Crippen molar-refractivity contribution in [3.63, 3.8) is 0 Å². The minimum atomic E-state index is 0.456. The van der Waals surface area contributed by atoms with Crippen LogP contribution in [0.4, 0.5) is 0 Å². The summed E-state index contributed by atoms with van der Waals surface area (Å²) in [5, 5.41) is 0. The molecule has 0 saturated heterocycles. The molecule has 124 valence electrons. The van der Waals surface area contributed by atoms with Gasteiger partial charge in [0, 0.05) is 19.6 Å². The van der Waals surface area contributed by atoms with Gasteiger partial charge in [0.15, 0.2) is 5.89 Å². The van der Waals surface area contributed by atoms with Crippen LogP contribution in [-0.2, 0) is 17.8 Å². The molecule has 2 aromatic rings. The Bertz CT molecular complexity index is 602. The Labute approximate surface area is 137 Å². The highest BCUT2D eigenvalue weighted by atomic mass is 16.5. The zero-order valence-corrected chi connectivity index (χ0v) is 13.8. The molecule has 0 unspecified atom stereocenters. The van der Waals surface area contributed by atoms with Crippen LogP contribution >= 0.6 is 0 Å². The van der Waals surface area contributed by atoms with Crippen molar-refractivity contribution < 1.29 is 13.9 Å². The summed E-state index contributed by atoms with van der Waals surface area (Å²) in [5.41, 5.74) is 2.14. The summed E-state index contributed by atoms with van der Waals surface area (Å²) in [7, 11) is 1.73. The number of benzene rings is 1. The van der Waals surface area contributed by atoms with Gasteiger partial charge in [-0.15, -0.1) is 0 Å². The van der Waals surface area contributed by atoms with Gasteiger partial charge in [-0.25, -0.2) is 4.98 Å². The Hall–Kier alpha value is -1.81. The maximum atomic E-state index is 5.86. The number of rotatable bonds is 8. The van der Waals surface area contributed by atoms with Gasteiger partial charge >= 0.3 is 0 Å². The highest BCUT2D eigenvalue weighted by molar-refractivity contribution is 5.28. The first-order chi connectivity index (χ1) is 11.3. The van der Waals surface area contributed by atoms with Crippen molar-refractivity contribution in [1.82, 2.24) is 4.98 Å². The van der Waals surface area contributed by atoms with Crippen LogP contribution in [0.2, 0.25) is 0 Å². The Kier molecular flexibility index (Phi) is 5.70. The molecule has 4 heteroatoms. The van der Waals surface area contributed by atoms with Crippen molar-refractivity contribution in [3.8, 4) is 5.75 Å². The lowest BCUT2D eigenvalue weighted by molar-refractivity contribution is 0.195. The number of oxazole rings is 1. The third-order valence-electron chi connectivity index (χ3n) is 4.37. The first-order valence-electron chi connectivity index (χ1n) is 8.50. The van der Waals surface area contributed by atoms with Crippen LogP contribution in [0.15, 0.2) is 34.9 Å². The average Bonchev–Trinajstić information content (AvgIpc) is 3.25. The van der Waals surface area contributed by atoms with Crippen molar-refractivity contribution in [2.75, 3.05) is 13.7 Å². The van der Waals surface area contributed by atoms with Crippen molar-refractivity contribution in [3.05, 3.63) is 47.7 Å². The van der Waals surface area contributed by atoms with Crippen LogP contribution in [-0.4, -0.2) is 18.7 Å². The molecule has 0 amide bonds. The molecular weight excluding hydrogens is 290 g/mol. The van der Waals surface area contributed by atoms with E-state index in [4.69, 9.17) is 13.9 Å². The summed E-state index contributed by atoms with van der Waals surface area (Å²) in [4.78, 5) is 4.58. The number of aromatic nitrogens is 1. The second kappa shape index (κ2) is 8.16. The van der Waals surface area contributed by atoms with Gasteiger partial charge in [0.2, 0.25) is 0 Å². The van der Waals surface area contributed by atoms with E-state index in [-0.39, 0.29) is 0 Å². The van der Waals surface area contributed by atoms with E-state index in [1.807, 2.05) is 12.1 Å². The van der Waals surface area contributed by atoms with Crippen LogP contribution in [0.1, 0.15) is 55.2 Å². The van der Waals surface area contributed by atoms with E-state index in [9.17, 15) is 0 Å². The molecule has 0 aliphatic heterocycles. The minimum Gasteiger partial charge on any atom is -0.487 e. The minimum absolute atomic E-state index is 0.456. The van der Waals surface area contributed by atoms with Gasteiger partial charge in [0.1, 0.15) is 24.3 Å². The molecule has 0 bridgehead atoms. The lowest BCUT2D eigenvalue weighted by Gasteiger charge is -2.07. The second-order valence-electron chi connectivity index (χ2n) is 6.19. The zero-order chi connectivity index (χ0) is 15.9. The number of methoxy groups -OCH3 is 1. The molecule has 1 saturated carbocycles. The van der Waals surface area contributed by atoms with Crippen LogP contribution in [0.3, 0.4) is 0 Å². The molecule has 0 radical (unpaired) electrons. The summed E-state index contributed by atoms with van der Waals surface area (Å²) in [5.74, 6) is 2.27. The van der Waals surface area contributed by atoms with Crippen LogP contribution in [0.25, 0.3) is 0 Å². The van der Waals surface area contributed by atoms with Gasteiger partial charge in [0.25, 0.3) is 0 Å². The fraction of sp³-hybridized carbons (Fsp3) is 0.526. The molecule has 1 fully saturated rings. The molecule has 0 spiro atoms. The number of aryl methyl sites for hydroxylation is 1. The average molecular weight is 315 g/mol. The molecular formula is C19H25NO3. The summed E-state index contributed by atoms with van der Waals surface area (Å²) in [6.07, 6.45) is 8.73. The topological polar surface area (TPSA) is 44.5 Å². The second-order valence-corrected chi connectivity index (χ2v) is 6.19. The van der Waals surface area contributed by atoms with Crippen molar-refractivity contribution in [1.29, 1.82) is 0 Å². The van der Waals surface area contributed by atoms with Crippen LogP contribution in [0.5, 0.6) is 5.75 Å². The van der Waals surface area contributed by atoms with E-state index in [0.717, 1.165) is 36.8 Å². The standard InChI is InChI=1S/C19H25NO3/c1-21-11-5-7-15-6-4-10-18(12-15)22-13-17-14-23-19(20-17)16-8-2-3-9-16/h4,6,10,12,14,16H,2-3,5,7-9,11,13H2,1H3. The molecule has 3 rings (SSSR count). The van der Waals surface area contributed by atoms with E-state index >= 15 is 0 Å². The summed E-state index contributed by atoms with van der Waals surface area (Å²) < 4.78 is 16.6. The summed E-state index contributed by atoms with van der Waals surface area (Å²) in [6.45, 7) is 1.24. The van der Waals surface area contributed by atoms with Crippen molar-refractivity contribution >= 4 is 0 Å². The molecule has 1 aromatic heterocycles.